The second-order valence-electron chi connectivity index (χ2n) is 4.03. The van der Waals surface area contributed by atoms with Crippen LogP contribution in [0.2, 0.25) is 10.0 Å². The van der Waals surface area contributed by atoms with Crippen LogP contribution in [-0.2, 0) is 13.0 Å². The summed E-state index contributed by atoms with van der Waals surface area (Å²) in [5, 5.41) is 7.75. The van der Waals surface area contributed by atoms with E-state index < -0.39 is 0 Å². The predicted molar refractivity (Wildman–Crippen MR) is 78.2 cm³/mol. The molecule has 0 atom stereocenters. The molecule has 0 radical (unpaired) electrons. The van der Waals surface area contributed by atoms with E-state index in [1.165, 1.54) is 4.68 Å². The molecule has 0 aliphatic heterocycles. The molecule has 0 unspecified atom stereocenters. The van der Waals surface area contributed by atoms with E-state index in [1.54, 1.807) is 13.2 Å². The Morgan fingerprint density at radius 1 is 1.26 bits per heavy atom. The SMILES string of the molecule is CNc1cnn(CCc2ccc(Cl)cc2)c(=O)c1Cl. The summed E-state index contributed by atoms with van der Waals surface area (Å²) in [5.41, 5.74) is 1.34. The van der Waals surface area contributed by atoms with Crippen LogP contribution in [0.25, 0.3) is 0 Å². The van der Waals surface area contributed by atoms with E-state index in [1.807, 2.05) is 24.3 Å². The minimum atomic E-state index is -0.289. The number of anilines is 1. The minimum Gasteiger partial charge on any atom is -0.385 e. The lowest BCUT2D eigenvalue weighted by molar-refractivity contribution is 0.579. The molecular formula is C13H13Cl2N3O. The van der Waals surface area contributed by atoms with Crippen molar-refractivity contribution >= 4 is 28.9 Å². The third-order valence-electron chi connectivity index (χ3n) is 2.78. The van der Waals surface area contributed by atoms with Gasteiger partial charge in [0, 0.05) is 18.6 Å². The van der Waals surface area contributed by atoms with Crippen LogP contribution in [0, 0.1) is 0 Å². The molecule has 1 aromatic heterocycles. The van der Waals surface area contributed by atoms with Crippen LogP contribution in [0.15, 0.2) is 35.3 Å². The molecule has 1 aromatic carbocycles. The van der Waals surface area contributed by atoms with Gasteiger partial charge in [-0.3, -0.25) is 4.79 Å². The maximum Gasteiger partial charge on any atom is 0.287 e. The van der Waals surface area contributed by atoms with Gasteiger partial charge in [0.2, 0.25) is 0 Å². The van der Waals surface area contributed by atoms with Crippen LogP contribution in [0.4, 0.5) is 5.69 Å². The average Bonchev–Trinajstić information content (AvgIpc) is 2.42. The van der Waals surface area contributed by atoms with E-state index in [4.69, 9.17) is 23.2 Å². The summed E-state index contributed by atoms with van der Waals surface area (Å²) in [4.78, 5) is 11.9. The fourth-order valence-electron chi connectivity index (χ4n) is 1.68. The van der Waals surface area contributed by atoms with E-state index in [-0.39, 0.29) is 10.6 Å². The van der Waals surface area contributed by atoms with Gasteiger partial charge < -0.3 is 5.32 Å². The number of aryl methyl sites for hydroxylation is 2. The number of aromatic nitrogens is 2. The van der Waals surface area contributed by atoms with Crippen molar-refractivity contribution in [3.8, 4) is 0 Å². The first-order valence-corrected chi connectivity index (χ1v) is 6.55. The van der Waals surface area contributed by atoms with Crippen LogP contribution < -0.4 is 10.9 Å². The monoisotopic (exact) mass is 297 g/mol. The molecule has 0 saturated heterocycles. The highest BCUT2D eigenvalue weighted by molar-refractivity contribution is 6.32. The zero-order valence-corrected chi connectivity index (χ0v) is 11.9. The first-order chi connectivity index (χ1) is 9.11. The second-order valence-corrected chi connectivity index (χ2v) is 4.84. The van der Waals surface area contributed by atoms with Crippen LogP contribution in [0.1, 0.15) is 5.56 Å². The van der Waals surface area contributed by atoms with E-state index in [2.05, 4.69) is 10.4 Å². The van der Waals surface area contributed by atoms with Gasteiger partial charge in [-0.1, -0.05) is 35.3 Å². The molecule has 2 aromatic rings. The van der Waals surface area contributed by atoms with Gasteiger partial charge in [-0.05, 0) is 24.1 Å². The molecule has 0 saturated carbocycles. The number of halogens is 2. The van der Waals surface area contributed by atoms with Crippen LogP contribution in [0.3, 0.4) is 0 Å². The standard InChI is InChI=1S/C13H13Cl2N3O/c1-16-11-8-17-18(13(19)12(11)15)7-6-9-2-4-10(14)5-3-9/h2-5,8,16H,6-7H2,1H3. The predicted octanol–water partition coefficient (Wildman–Crippen LogP) is 2.83. The number of rotatable bonds is 4. The van der Waals surface area contributed by atoms with Crippen molar-refractivity contribution in [2.45, 2.75) is 13.0 Å². The Hall–Kier alpha value is -1.52. The smallest absolute Gasteiger partial charge is 0.287 e. The van der Waals surface area contributed by atoms with E-state index in [9.17, 15) is 4.79 Å². The average molecular weight is 298 g/mol. The van der Waals surface area contributed by atoms with Crippen molar-refractivity contribution in [3.05, 3.63) is 56.4 Å². The van der Waals surface area contributed by atoms with Gasteiger partial charge >= 0.3 is 0 Å². The molecule has 1 heterocycles. The van der Waals surface area contributed by atoms with Gasteiger partial charge in [-0.15, -0.1) is 0 Å². The fourth-order valence-corrected chi connectivity index (χ4v) is 2.05. The molecule has 2 rings (SSSR count). The van der Waals surface area contributed by atoms with E-state index >= 15 is 0 Å². The third-order valence-corrected chi connectivity index (χ3v) is 3.40. The van der Waals surface area contributed by atoms with Crippen molar-refractivity contribution in [3.63, 3.8) is 0 Å². The molecule has 0 fully saturated rings. The zero-order valence-electron chi connectivity index (χ0n) is 10.4. The molecule has 100 valence electrons. The Balaban J connectivity index is 2.14. The molecule has 0 aliphatic carbocycles. The summed E-state index contributed by atoms with van der Waals surface area (Å²) < 4.78 is 1.36. The van der Waals surface area contributed by atoms with Crippen molar-refractivity contribution in [2.75, 3.05) is 12.4 Å². The molecule has 19 heavy (non-hydrogen) atoms. The van der Waals surface area contributed by atoms with Crippen LogP contribution in [0.5, 0.6) is 0 Å². The molecule has 4 nitrogen and oxygen atoms in total. The van der Waals surface area contributed by atoms with Gasteiger partial charge in [0.05, 0.1) is 11.9 Å². The van der Waals surface area contributed by atoms with Crippen molar-refractivity contribution in [1.82, 2.24) is 9.78 Å². The Bertz CT molecular complexity index is 623. The first-order valence-electron chi connectivity index (χ1n) is 5.79. The number of hydrogen-bond donors (Lipinski definition) is 1. The summed E-state index contributed by atoms with van der Waals surface area (Å²) in [7, 11) is 1.69. The maximum absolute atomic E-state index is 11.9. The highest BCUT2D eigenvalue weighted by atomic mass is 35.5. The molecule has 0 bridgehead atoms. The van der Waals surface area contributed by atoms with Crippen molar-refractivity contribution < 1.29 is 0 Å². The van der Waals surface area contributed by atoms with Crippen molar-refractivity contribution in [2.24, 2.45) is 0 Å². The van der Waals surface area contributed by atoms with Crippen LogP contribution >= 0.6 is 23.2 Å². The molecule has 6 heteroatoms. The fraction of sp³-hybridized carbons (Fsp3) is 0.231. The lowest BCUT2D eigenvalue weighted by atomic mass is 10.1. The third kappa shape index (κ3) is 3.28. The minimum absolute atomic E-state index is 0.161. The van der Waals surface area contributed by atoms with E-state index in [0.29, 0.717) is 23.7 Å². The van der Waals surface area contributed by atoms with Crippen molar-refractivity contribution in [1.29, 1.82) is 0 Å². The maximum atomic E-state index is 11.9. The van der Waals surface area contributed by atoms with Crippen LogP contribution in [-0.4, -0.2) is 16.8 Å². The molecule has 0 aliphatic rings. The topological polar surface area (TPSA) is 46.9 Å². The molecule has 1 N–H and O–H groups in total. The lowest BCUT2D eigenvalue weighted by Crippen LogP contribution is -2.24. The van der Waals surface area contributed by atoms with Gasteiger partial charge in [0.1, 0.15) is 5.02 Å². The number of benzene rings is 1. The van der Waals surface area contributed by atoms with E-state index in [0.717, 1.165) is 5.56 Å². The Labute approximate surface area is 121 Å². The van der Waals surface area contributed by atoms with Gasteiger partial charge in [0.25, 0.3) is 5.56 Å². The number of nitrogens with one attached hydrogen (secondary N) is 1. The second kappa shape index (κ2) is 6.08. The number of nitrogens with zero attached hydrogens (tertiary/aromatic N) is 2. The van der Waals surface area contributed by atoms with Gasteiger partial charge in [-0.2, -0.15) is 5.10 Å². The summed E-state index contributed by atoms with van der Waals surface area (Å²) in [6.45, 7) is 0.476. The Kier molecular flexibility index (Phi) is 4.45. The van der Waals surface area contributed by atoms with Gasteiger partial charge in [-0.25, -0.2) is 4.68 Å². The summed E-state index contributed by atoms with van der Waals surface area (Å²) in [6.07, 6.45) is 2.24. The normalized spacial score (nSPS) is 10.5. The summed E-state index contributed by atoms with van der Waals surface area (Å²) in [6, 6.07) is 7.50. The molecule has 0 amide bonds. The molecular weight excluding hydrogens is 285 g/mol. The highest BCUT2D eigenvalue weighted by Crippen LogP contribution is 2.14. The largest absolute Gasteiger partial charge is 0.385 e. The Morgan fingerprint density at radius 3 is 2.58 bits per heavy atom. The number of hydrogen-bond acceptors (Lipinski definition) is 3. The highest BCUT2D eigenvalue weighted by Gasteiger charge is 2.07. The lowest BCUT2D eigenvalue weighted by Gasteiger charge is -2.08. The zero-order chi connectivity index (χ0) is 13.8. The molecule has 0 spiro atoms. The summed E-state index contributed by atoms with van der Waals surface area (Å²) >= 11 is 11.8. The quantitative estimate of drug-likeness (QED) is 0.944. The van der Waals surface area contributed by atoms with Gasteiger partial charge in [0.15, 0.2) is 0 Å². The first kappa shape index (κ1) is 13.9. The Morgan fingerprint density at radius 2 is 1.95 bits per heavy atom. The summed E-state index contributed by atoms with van der Waals surface area (Å²) in [5.74, 6) is 0.